The van der Waals surface area contributed by atoms with Crippen LogP contribution in [0, 0.1) is 6.92 Å². The monoisotopic (exact) mass is 400 g/mol. The minimum Gasteiger partial charge on any atom is -0.376 e. The summed E-state index contributed by atoms with van der Waals surface area (Å²) in [7, 11) is 0. The van der Waals surface area contributed by atoms with Gasteiger partial charge < -0.3 is 16.4 Å². The summed E-state index contributed by atoms with van der Waals surface area (Å²) < 4.78 is 38.6. The van der Waals surface area contributed by atoms with E-state index in [1.807, 2.05) is 0 Å². The molecule has 0 aromatic carbocycles. The number of pyridine rings is 1. The molecular formula is C17H19F3N4O2S. The van der Waals surface area contributed by atoms with E-state index in [9.17, 15) is 22.8 Å². The van der Waals surface area contributed by atoms with Crippen LogP contribution in [0.15, 0.2) is 24.4 Å². The van der Waals surface area contributed by atoms with E-state index in [1.165, 1.54) is 11.3 Å². The molecule has 0 spiro atoms. The Morgan fingerprint density at radius 2 is 2.04 bits per heavy atom. The second kappa shape index (κ2) is 8.38. The van der Waals surface area contributed by atoms with E-state index >= 15 is 0 Å². The van der Waals surface area contributed by atoms with Gasteiger partial charge in [-0.2, -0.15) is 13.2 Å². The predicted molar refractivity (Wildman–Crippen MR) is 96.5 cm³/mol. The van der Waals surface area contributed by atoms with Gasteiger partial charge in [0.1, 0.15) is 0 Å². The van der Waals surface area contributed by atoms with Crippen molar-refractivity contribution in [3.63, 3.8) is 0 Å². The SMILES string of the molecule is Cc1ncc(C(F)(F)F)cc1N[C@H](C)c1ccc(C(=O)NCCC(N)=O)s1. The molecule has 6 nitrogen and oxygen atoms in total. The smallest absolute Gasteiger partial charge is 0.376 e. The molecule has 2 aromatic heterocycles. The molecule has 0 radical (unpaired) electrons. The molecule has 0 aliphatic carbocycles. The Morgan fingerprint density at radius 1 is 1.33 bits per heavy atom. The number of amides is 2. The molecule has 146 valence electrons. The van der Waals surface area contributed by atoms with Crippen LogP contribution >= 0.6 is 11.3 Å². The number of halogens is 3. The number of alkyl halides is 3. The zero-order valence-corrected chi connectivity index (χ0v) is 15.5. The third kappa shape index (κ3) is 5.68. The summed E-state index contributed by atoms with van der Waals surface area (Å²) in [5.74, 6) is -0.846. The van der Waals surface area contributed by atoms with Gasteiger partial charge in [0.2, 0.25) is 5.91 Å². The fraction of sp³-hybridized carbons (Fsp3) is 0.353. The molecule has 2 aromatic rings. The lowest BCUT2D eigenvalue weighted by atomic mass is 10.2. The Morgan fingerprint density at radius 3 is 2.67 bits per heavy atom. The molecule has 0 saturated carbocycles. The first kappa shape index (κ1) is 20.7. The molecule has 2 heterocycles. The number of hydrogen-bond donors (Lipinski definition) is 3. The van der Waals surface area contributed by atoms with Crippen molar-refractivity contribution in [1.82, 2.24) is 10.3 Å². The summed E-state index contributed by atoms with van der Waals surface area (Å²) >= 11 is 1.21. The Labute approximate surface area is 158 Å². The van der Waals surface area contributed by atoms with Crippen molar-refractivity contribution in [2.75, 3.05) is 11.9 Å². The average Bonchev–Trinajstić information content (AvgIpc) is 3.05. The minimum absolute atomic E-state index is 0.0454. The van der Waals surface area contributed by atoms with Gasteiger partial charge in [0, 0.05) is 24.0 Å². The van der Waals surface area contributed by atoms with E-state index < -0.39 is 17.6 Å². The summed E-state index contributed by atoms with van der Waals surface area (Å²) in [6.07, 6.45) is -3.63. The van der Waals surface area contributed by atoms with Crippen molar-refractivity contribution in [2.24, 2.45) is 5.73 Å². The number of hydrogen-bond acceptors (Lipinski definition) is 5. The number of nitrogens with two attached hydrogens (primary N) is 1. The Hall–Kier alpha value is -2.62. The fourth-order valence-electron chi connectivity index (χ4n) is 2.23. The molecule has 27 heavy (non-hydrogen) atoms. The third-order valence-corrected chi connectivity index (χ3v) is 4.99. The maximum Gasteiger partial charge on any atom is 0.417 e. The largest absolute Gasteiger partial charge is 0.417 e. The van der Waals surface area contributed by atoms with E-state index in [-0.39, 0.29) is 30.6 Å². The number of aromatic nitrogens is 1. The van der Waals surface area contributed by atoms with E-state index in [0.29, 0.717) is 10.6 Å². The number of aryl methyl sites for hydroxylation is 1. The second-order valence-electron chi connectivity index (χ2n) is 5.89. The van der Waals surface area contributed by atoms with Crippen LogP contribution in [0.2, 0.25) is 0 Å². The summed E-state index contributed by atoms with van der Waals surface area (Å²) in [5, 5.41) is 5.59. The lowest BCUT2D eigenvalue weighted by Gasteiger charge is -2.17. The molecule has 0 fully saturated rings. The Balaban J connectivity index is 2.07. The molecule has 10 heteroatoms. The molecule has 1 atom stereocenters. The van der Waals surface area contributed by atoms with Crippen LogP contribution in [0.3, 0.4) is 0 Å². The first-order valence-electron chi connectivity index (χ1n) is 8.04. The first-order valence-corrected chi connectivity index (χ1v) is 8.86. The van der Waals surface area contributed by atoms with Crippen molar-refractivity contribution < 1.29 is 22.8 Å². The summed E-state index contributed by atoms with van der Waals surface area (Å²) in [4.78, 5) is 27.7. The van der Waals surface area contributed by atoms with Crippen LogP contribution in [-0.4, -0.2) is 23.3 Å². The molecule has 0 unspecified atom stereocenters. The van der Waals surface area contributed by atoms with Crippen LogP contribution in [0.1, 0.15) is 45.2 Å². The summed E-state index contributed by atoms with van der Waals surface area (Å²) in [6, 6.07) is 4.03. The number of carbonyl (C=O) groups is 2. The van der Waals surface area contributed by atoms with E-state index in [0.717, 1.165) is 17.1 Å². The molecule has 0 saturated heterocycles. The van der Waals surface area contributed by atoms with Gasteiger partial charge >= 0.3 is 6.18 Å². The normalized spacial score (nSPS) is 12.5. The number of primary amides is 1. The fourth-order valence-corrected chi connectivity index (χ4v) is 3.16. The van der Waals surface area contributed by atoms with Crippen molar-refractivity contribution in [3.05, 3.63) is 45.4 Å². The maximum absolute atomic E-state index is 12.9. The highest BCUT2D eigenvalue weighted by Crippen LogP contribution is 2.33. The van der Waals surface area contributed by atoms with Crippen molar-refractivity contribution in [2.45, 2.75) is 32.5 Å². The van der Waals surface area contributed by atoms with Gasteiger partial charge in [-0.1, -0.05) is 0 Å². The second-order valence-corrected chi connectivity index (χ2v) is 7.01. The number of nitrogens with zero attached hydrogens (tertiary/aromatic N) is 1. The number of rotatable bonds is 7. The third-order valence-electron chi connectivity index (χ3n) is 3.72. The minimum atomic E-state index is -4.47. The molecule has 0 aliphatic heterocycles. The van der Waals surface area contributed by atoms with Crippen LogP contribution < -0.4 is 16.4 Å². The van der Waals surface area contributed by atoms with E-state index in [1.54, 1.807) is 26.0 Å². The molecule has 2 amide bonds. The van der Waals surface area contributed by atoms with Crippen molar-refractivity contribution in [1.29, 1.82) is 0 Å². The Kier molecular flexibility index (Phi) is 6.42. The highest BCUT2D eigenvalue weighted by Gasteiger charge is 2.31. The number of nitrogens with one attached hydrogen (secondary N) is 2. The zero-order chi connectivity index (χ0) is 20.2. The number of carbonyl (C=O) groups excluding carboxylic acids is 2. The van der Waals surface area contributed by atoms with Gasteiger partial charge in [0.05, 0.1) is 27.9 Å². The predicted octanol–water partition coefficient (Wildman–Crippen LogP) is 3.25. The topological polar surface area (TPSA) is 97.1 Å². The lowest BCUT2D eigenvalue weighted by Crippen LogP contribution is -2.27. The van der Waals surface area contributed by atoms with Gasteiger partial charge in [-0.3, -0.25) is 14.6 Å². The van der Waals surface area contributed by atoms with Gasteiger partial charge in [-0.15, -0.1) is 11.3 Å². The number of anilines is 1. The summed E-state index contributed by atoms with van der Waals surface area (Å²) in [5.41, 5.74) is 4.90. The standard InChI is InChI=1S/C17H19F3N4O2S/c1-9-12(7-11(8-23-9)17(18,19)20)24-10(2)13-3-4-14(27-13)16(26)22-6-5-15(21)25/h3-4,7-8,10,24H,5-6H2,1-2H3,(H2,21,25)(H,22,26)/t10-/m1/s1. The van der Waals surface area contributed by atoms with Crippen LogP contribution in [0.25, 0.3) is 0 Å². The van der Waals surface area contributed by atoms with Gasteiger partial charge in [0.15, 0.2) is 0 Å². The highest BCUT2D eigenvalue weighted by atomic mass is 32.1. The highest BCUT2D eigenvalue weighted by molar-refractivity contribution is 7.14. The molecule has 0 bridgehead atoms. The number of thiophene rings is 1. The maximum atomic E-state index is 12.9. The average molecular weight is 400 g/mol. The molecule has 4 N–H and O–H groups in total. The van der Waals surface area contributed by atoms with Crippen LogP contribution in [0.4, 0.5) is 18.9 Å². The Bertz CT molecular complexity index is 836. The summed E-state index contributed by atoms with van der Waals surface area (Å²) in [6.45, 7) is 3.53. The van der Waals surface area contributed by atoms with Crippen LogP contribution in [-0.2, 0) is 11.0 Å². The lowest BCUT2D eigenvalue weighted by molar-refractivity contribution is -0.137. The van der Waals surface area contributed by atoms with Gasteiger partial charge in [-0.25, -0.2) is 0 Å². The quantitative estimate of drug-likeness (QED) is 0.665. The van der Waals surface area contributed by atoms with Gasteiger partial charge in [-0.05, 0) is 32.0 Å². The van der Waals surface area contributed by atoms with Crippen LogP contribution in [0.5, 0.6) is 0 Å². The first-order chi connectivity index (χ1) is 12.6. The van der Waals surface area contributed by atoms with Gasteiger partial charge in [0.25, 0.3) is 5.91 Å². The van der Waals surface area contributed by atoms with Crippen molar-refractivity contribution >= 4 is 28.8 Å². The van der Waals surface area contributed by atoms with E-state index in [2.05, 4.69) is 15.6 Å². The molecule has 0 aliphatic rings. The van der Waals surface area contributed by atoms with Crippen molar-refractivity contribution in [3.8, 4) is 0 Å². The molecule has 2 rings (SSSR count). The molecular weight excluding hydrogens is 381 g/mol. The zero-order valence-electron chi connectivity index (χ0n) is 14.7. The van der Waals surface area contributed by atoms with E-state index in [4.69, 9.17) is 5.73 Å².